The number of halogens is 1. The van der Waals surface area contributed by atoms with Crippen molar-refractivity contribution >= 4 is 40.3 Å². The fourth-order valence-electron chi connectivity index (χ4n) is 3.36. The molecule has 1 aliphatic heterocycles. The summed E-state index contributed by atoms with van der Waals surface area (Å²) in [5, 5.41) is 6.51. The molecule has 10 nitrogen and oxygen atoms in total. The maximum atomic E-state index is 14.5. The lowest BCUT2D eigenvalue weighted by Crippen LogP contribution is -2.48. The zero-order valence-electron chi connectivity index (χ0n) is 18.4. The first kappa shape index (κ1) is 24.1. The Morgan fingerprint density at radius 2 is 2.03 bits per heavy atom. The van der Waals surface area contributed by atoms with Crippen LogP contribution in [0.25, 0.3) is 0 Å². The van der Waals surface area contributed by atoms with Crippen LogP contribution in [0.4, 0.5) is 14.3 Å². The van der Waals surface area contributed by atoms with Crippen molar-refractivity contribution in [1.29, 1.82) is 0 Å². The zero-order valence-corrected chi connectivity index (χ0v) is 19.2. The number of thiazole rings is 1. The number of imide groups is 1. The third-order valence-electron chi connectivity index (χ3n) is 4.93. The number of benzene rings is 1. The molecule has 1 aromatic heterocycles. The molecule has 1 saturated heterocycles. The second-order valence-electron chi connectivity index (χ2n) is 7.64. The Bertz CT molecular complexity index is 1090. The number of carbonyl (C=O) groups is 4. The number of aromatic nitrogens is 1. The number of ether oxygens (including phenoxy) is 2. The van der Waals surface area contributed by atoms with Crippen LogP contribution in [0.3, 0.4) is 0 Å². The van der Waals surface area contributed by atoms with Crippen molar-refractivity contribution in [1.82, 2.24) is 15.2 Å². The van der Waals surface area contributed by atoms with Gasteiger partial charge >= 0.3 is 12.0 Å². The number of methoxy groups -OCH3 is 2. The number of nitrogens with one attached hydrogen (secondary N) is 2. The van der Waals surface area contributed by atoms with Crippen molar-refractivity contribution in [3.8, 4) is 5.75 Å². The molecule has 4 amide bonds. The summed E-state index contributed by atoms with van der Waals surface area (Å²) in [5.74, 6) is -2.59. The monoisotopic (exact) mass is 478 g/mol. The van der Waals surface area contributed by atoms with Crippen LogP contribution in [0.5, 0.6) is 5.75 Å². The van der Waals surface area contributed by atoms with Crippen LogP contribution in [0.2, 0.25) is 0 Å². The number of nitrogens with zero attached hydrogens (tertiary/aromatic N) is 2. The van der Waals surface area contributed by atoms with Gasteiger partial charge in [-0.25, -0.2) is 23.9 Å². The Labute approximate surface area is 193 Å². The molecular weight excluding hydrogens is 455 g/mol. The summed E-state index contributed by atoms with van der Waals surface area (Å²) in [6, 6.07) is 0.667. The second kappa shape index (κ2) is 9.94. The Balaban J connectivity index is 1.85. The Morgan fingerprint density at radius 1 is 1.30 bits per heavy atom. The quantitative estimate of drug-likeness (QED) is 0.441. The molecule has 0 aliphatic carbocycles. The van der Waals surface area contributed by atoms with E-state index in [0.717, 1.165) is 22.3 Å². The standard InChI is InChI=1S/C21H23FN4O6S/c1-10(2)7-15(17(27)25-20-23-14(9-33-20)19(29)32-4)26-18(28)16(24-21(26)30)12-6-5-11(31-3)8-13(12)22/h5-6,8-10,15-16H,7H2,1-4H3,(H,24,30)(H,23,25,27). The largest absolute Gasteiger partial charge is 0.497 e. The number of urea groups is 1. The normalized spacial score (nSPS) is 16.5. The maximum absolute atomic E-state index is 14.5. The highest BCUT2D eigenvalue weighted by Gasteiger charge is 2.46. The average Bonchev–Trinajstić information content (AvgIpc) is 3.35. The minimum Gasteiger partial charge on any atom is -0.497 e. The van der Waals surface area contributed by atoms with Gasteiger partial charge < -0.3 is 20.1 Å². The predicted octanol–water partition coefficient (Wildman–Crippen LogP) is 2.72. The van der Waals surface area contributed by atoms with Crippen LogP contribution in [-0.4, -0.2) is 54.0 Å². The van der Waals surface area contributed by atoms with E-state index in [4.69, 9.17) is 4.74 Å². The van der Waals surface area contributed by atoms with Gasteiger partial charge in [-0.3, -0.25) is 9.59 Å². The van der Waals surface area contributed by atoms with E-state index in [0.29, 0.717) is 0 Å². The van der Waals surface area contributed by atoms with Gasteiger partial charge in [-0.1, -0.05) is 13.8 Å². The lowest BCUT2D eigenvalue weighted by molar-refractivity contribution is -0.134. The summed E-state index contributed by atoms with van der Waals surface area (Å²) < 4.78 is 24.1. The van der Waals surface area contributed by atoms with E-state index in [1.807, 2.05) is 13.8 Å². The van der Waals surface area contributed by atoms with Crippen LogP contribution >= 0.6 is 11.3 Å². The van der Waals surface area contributed by atoms with E-state index < -0.39 is 41.7 Å². The molecule has 2 N–H and O–H groups in total. The van der Waals surface area contributed by atoms with Gasteiger partial charge in [0.1, 0.15) is 23.7 Å². The molecule has 3 rings (SSSR count). The van der Waals surface area contributed by atoms with Crippen molar-refractivity contribution in [3.05, 3.63) is 40.7 Å². The highest BCUT2D eigenvalue weighted by Crippen LogP contribution is 2.30. The van der Waals surface area contributed by atoms with Gasteiger partial charge in [0.05, 0.1) is 14.2 Å². The number of rotatable bonds is 8. The Morgan fingerprint density at radius 3 is 2.64 bits per heavy atom. The van der Waals surface area contributed by atoms with E-state index in [1.54, 1.807) is 0 Å². The van der Waals surface area contributed by atoms with E-state index >= 15 is 0 Å². The SMILES string of the molecule is COC(=O)c1csc(NC(=O)C(CC(C)C)N2C(=O)NC(c3ccc(OC)cc3F)C2=O)n1. The van der Waals surface area contributed by atoms with E-state index in [2.05, 4.69) is 20.4 Å². The maximum Gasteiger partial charge on any atom is 0.357 e. The smallest absolute Gasteiger partial charge is 0.357 e. The van der Waals surface area contributed by atoms with Crippen LogP contribution in [0.15, 0.2) is 23.6 Å². The molecule has 2 heterocycles. The first-order valence-electron chi connectivity index (χ1n) is 9.98. The number of anilines is 1. The molecule has 33 heavy (non-hydrogen) atoms. The summed E-state index contributed by atoms with van der Waals surface area (Å²) in [6.45, 7) is 3.66. The summed E-state index contributed by atoms with van der Waals surface area (Å²) >= 11 is 0.996. The summed E-state index contributed by atoms with van der Waals surface area (Å²) in [4.78, 5) is 55.3. The Hall–Kier alpha value is -3.54. The second-order valence-corrected chi connectivity index (χ2v) is 8.50. The molecule has 0 radical (unpaired) electrons. The van der Waals surface area contributed by atoms with Gasteiger partial charge in [-0.15, -0.1) is 11.3 Å². The summed E-state index contributed by atoms with van der Waals surface area (Å²) in [5.41, 5.74) is -0.0220. The van der Waals surface area contributed by atoms with Gasteiger partial charge in [-0.2, -0.15) is 0 Å². The number of esters is 1. The van der Waals surface area contributed by atoms with E-state index in [1.165, 1.54) is 31.7 Å². The van der Waals surface area contributed by atoms with Gasteiger partial charge in [-0.05, 0) is 24.5 Å². The van der Waals surface area contributed by atoms with Crippen molar-refractivity contribution in [2.45, 2.75) is 32.4 Å². The molecule has 176 valence electrons. The van der Waals surface area contributed by atoms with E-state index in [-0.39, 0.29) is 34.5 Å². The van der Waals surface area contributed by atoms with Crippen LogP contribution in [-0.2, 0) is 14.3 Å². The third kappa shape index (κ3) is 5.11. The molecule has 0 spiro atoms. The molecule has 2 unspecified atom stereocenters. The predicted molar refractivity (Wildman–Crippen MR) is 116 cm³/mol. The van der Waals surface area contributed by atoms with Gasteiger partial charge in [0.2, 0.25) is 5.91 Å². The highest BCUT2D eigenvalue weighted by molar-refractivity contribution is 7.14. The van der Waals surface area contributed by atoms with Crippen LogP contribution in [0.1, 0.15) is 42.4 Å². The van der Waals surface area contributed by atoms with Crippen molar-refractivity contribution < 1.29 is 33.0 Å². The molecule has 1 aliphatic rings. The topological polar surface area (TPSA) is 127 Å². The van der Waals surface area contributed by atoms with Crippen molar-refractivity contribution in [2.75, 3.05) is 19.5 Å². The fourth-order valence-corrected chi connectivity index (χ4v) is 4.05. The molecular formula is C21H23FN4O6S. The van der Waals surface area contributed by atoms with Crippen LogP contribution in [0, 0.1) is 11.7 Å². The minimum absolute atomic E-state index is 0.0169. The molecule has 1 aromatic carbocycles. The number of hydrogen-bond acceptors (Lipinski definition) is 8. The van der Waals surface area contributed by atoms with Gasteiger partial charge in [0.25, 0.3) is 5.91 Å². The highest BCUT2D eigenvalue weighted by atomic mass is 32.1. The molecule has 2 aromatic rings. The van der Waals surface area contributed by atoms with Gasteiger partial charge in [0, 0.05) is 17.0 Å². The molecule has 1 fully saturated rings. The van der Waals surface area contributed by atoms with Crippen molar-refractivity contribution in [3.63, 3.8) is 0 Å². The van der Waals surface area contributed by atoms with Crippen molar-refractivity contribution in [2.24, 2.45) is 5.92 Å². The lowest BCUT2D eigenvalue weighted by Gasteiger charge is -2.25. The number of hydrogen-bond donors (Lipinski definition) is 2. The van der Waals surface area contributed by atoms with E-state index in [9.17, 15) is 23.6 Å². The minimum atomic E-state index is -1.28. The Kier molecular flexibility index (Phi) is 7.26. The first-order chi connectivity index (χ1) is 15.7. The lowest BCUT2D eigenvalue weighted by atomic mass is 10.0. The molecule has 0 saturated carbocycles. The molecule has 2 atom stereocenters. The molecule has 0 bridgehead atoms. The fraction of sp³-hybridized carbons (Fsp3) is 0.381. The third-order valence-corrected chi connectivity index (χ3v) is 5.69. The average molecular weight is 479 g/mol. The molecule has 12 heteroatoms. The number of carbonyl (C=O) groups excluding carboxylic acids is 4. The summed E-state index contributed by atoms with van der Waals surface area (Å²) in [7, 11) is 2.59. The van der Waals surface area contributed by atoms with Gasteiger partial charge in [0.15, 0.2) is 10.8 Å². The summed E-state index contributed by atoms with van der Waals surface area (Å²) in [6.07, 6.45) is 0.165. The first-order valence-corrected chi connectivity index (χ1v) is 10.9. The number of amides is 4. The zero-order chi connectivity index (χ0) is 24.3. The van der Waals surface area contributed by atoms with Crippen LogP contribution < -0.4 is 15.4 Å².